The maximum Gasteiger partial charge on any atom is 0.328 e. The first kappa shape index (κ1) is 21.4. The van der Waals surface area contributed by atoms with Crippen molar-refractivity contribution in [3.8, 4) is 0 Å². The highest BCUT2D eigenvalue weighted by Gasteiger charge is 2.26. The number of methoxy groups -OCH3 is 1. The van der Waals surface area contributed by atoms with Crippen LogP contribution in [0.15, 0.2) is 0 Å². The Hall–Kier alpha value is -1.63. The smallest absolute Gasteiger partial charge is 0.328 e. The highest BCUT2D eigenvalue weighted by Crippen LogP contribution is 2.10. The Labute approximate surface area is 138 Å². The maximum absolute atomic E-state index is 12.1. The number of ether oxygens (including phenoxy) is 2. The van der Waals surface area contributed by atoms with Gasteiger partial charge in [0, 0.05) is 6.42 Å². The predicted octanol–water partition coefficient (Wildman–Crippen LogP) is 1.14. The van der Waals surface area contributed by atoms with Gasteiger partial charge in [0.25, 0.3) is 0 Å². The molecule has 0 aromatic heterocycles. The molecule has 2 atom stereocenters. The van der Waals surface area contributed by atoms with E-state index < -0.39 is 35.5 Å². The molecule has 23 heavy (non-hydrogen) atoms. The fourth-order valence-electron chi connectivity index (χ4n) is 1.90. The molecule has 0 bridgehead atoms. The fourth-order valence-corrected chi connectivity index (χ4v) is 1.90. The number of rotatable bonds is 8. The largest absolute Gasteiger partial charge is 0.467 e. The standard InChI is InChI=1S/C16H30N2O5/c1-10(2)9-12(15(21)22-6)18-14(20)11(17)7-8-13(19)23-16(3,4)5/h10-12H,7-9,17H2,1-6H3,(H,18,20). The van der Waals surface area contributed by atoms with Crippen molar-refractivity contribution in [2.75, 3.05) is 7.11 Å². The molecule has 7 heteroatoms. The number of carbonyl (C=O) groups is 3. The second-order valence-corrected chi connectivity index (χ2v) is 6.95. The third kappa shape index (κ3) is 9.89. The zero-order valence-electron chi connectivity index (χ0n) is 15.0. The van der Waals surface area contributed by atoms with Crippen molar-refractivity contribution in [3.63, 3.8) is 0 Å². The quantitative estimate of drug-likeness (QED) is 0.646. The van der Waals surface area contributed by atoms with Crippen molar-refractivity contribution in [3.05, 3.63) is 0 Å². The average molecular weight is 330 g/mol. The number of amides is 1. The van der Waals surface area contributed by atoms with Crippen molar-refractivity contribution < 1.29 is 23.9 Å². The van der Waals surface area contributed by atoms with Crippen LogP contribution in [0.3, 0.4) is 0 Å². The average Bonchev–Trinajstić information content (AvgIpc) is 2.40. The molecule has 0 saturated carbocycles. The van der Waals surface area contributed by atoms with Crippen LogP contribution in [-0.4, -0.2) is 42.6 Å². The lowest BCUT2D eigenvalue weighted by molar-refractivity contribution is -0.155. The van der Waals surface area contributed by atoms with Crippen molar-refractivity contribution >= 4 is 17.8 Å². The molecule has 0 rings (SSSR count). The van der Waals surface area contributed by atoms with Crippen LogP contribution in [0.4, 0.5) is 0 Å². The highest BCUT2D eigenvalue weighted by atomic mass is 16.6. The van der Waals surface area contributed by atoms with Crippen LogP contribution in [-0.2, 0) is 23.9 Å². The fraction of sp³-hybridized carbons (Fsp3) is 0.812. The number of nitrogens with two attached hydrogens (primary N) is 1. The van der Waals surface area contributed by atoms with Gasteiger partial charge in [0.1, 0.15) is 11.6 Å². The molecule has 0 aliphatic heterocycles. The van der Waals surface area contributed by atoms with Gasteiger partial charge in [-0.15, -0.1) is 0 Å². The monoisotopic (exact) mass is 330 g/mol. The topological polar surface area (TPSA) is 108 Å². The van der Waals surface area contributed by atoms with Crippen molar-refractivity contribution in [2.45, 2.75) is 71.6 Å². The summed E-state index contributed by atoms with van der Waals surface area (Å²) in [6.07, 6.45) is 0.645. The summed E-state index contributed by atoms with van der Waals surface area (Å²) in [5.74, 6) is -1.19. The minimum absolute atomic E-state index is 0.0406. The van der Waals surface area contributed by atoms with Crippen LogP contribution in [0.25, 0.3) is 0 Å². The van der Waals surface area contributed by atoms with Gasteiger partial charge in [-0.05, 0) is 39.5 Å². The lowest BCUT2D eigenvalue weighted by atomic mass is 10.0. The predicted molar refractivity (Wildman–Crippen MR) is 86.5 cm³/mol. The van der Waals surface area contributed by atoms with Gasteiger partial charge < -0.3 is 20.5 Å². The molecule has 7 nitrogen and oxygen atoms in total. The Morgan fingerprint density at radius 2 is 1.74 bits per heavy atom. The molecule has 2 unspecified atom stereocenters. The summed E-state index contributed by atoms with van der Waals surface area (Å²) < 4.78 is 9.84. The summed E-state index contributed by atoms with van der Waals surface area (Å²) in [5, 5.41) is 2.58. The van der Waals surface area contributed by atoms with Crippen LogP contribution in [0.5, 0.6) is 0 Å². The van der Waals surface area contributed by atoms with Crippen LogP contribution < -0.4 is 11.1 Å². The summed E-state index contributed by atoms with van der Waals surface area (Å²) in [6, 6.07) is -1.62. The first-order valence-electron chi connectivity index (χ1n) is 7.82. The Morgan fingerprint density at radius 3 is 2.17 bits per heavy atom. The van der Waals surface area contributed by atoms with E-state index in [9.17, 15) is 14.4 Å². The lowest BCUT2D eigenvalue weighted by Gasteiger charge is -2.21. The van der Waals surface area contributed by atoms with Gasteiger partial charge in [-0.3, -0.25) is 9.59 Å². The summed E-state index contributed by atoms with van der Waals surface area (Å²) >= 11 is 0. The van der Waals surface area contributed by atoms with E-state index in [1.165, 1.54) is 7.11 Å². The third-order valence-electron chi connectivity index (χ3n) is 2.93. The van der Waals surface area contributed by atoms with E-state index in [0.717, 1.165) is 0 Å². The molecule has 0 aliphatic carbocycles. The maximum atomic E-state index is 12.1. The summed E-state index contributed by atoms with van der Waals surface area (Å²) in [6.45, 7) is 9.17. The molecule has 134 valence electrons. The van der Waals surface area contributed by atoms with Gasteiger partial charge in [0.15, 0.2) is 0 Å². The molecule has 0 fully saturated rings. The first-order valence-corrected chi connectivity index (χ1v) is 7.82. The number of carbonyl (C=O) groups excluding carboxylic acids is 3. The third-order valence-corrected chi connectivity index (χ3v) is 2.93. The van der Waals surface area contributed by atoms with Gasteiger partial charge >= 0.3 is 11.9 Å². The van der Waals surface area contributed by atoms with E-state index in [2.05, 4.69) is 10.1 Å². The van der Waals surface area contributed by atoms with Gasteiger partial charge in [-0.25, -0.2) is 4.79 Å². The van der Waals surface area contributed by atoms with Crippen LogP contribution in [0.1, 0.15) is 53.9 Å². The minimum atomic E-state index is -0.887. The molecule has 0 aliphatic rings. The van der Waals surface area contributed by atoms with Gasteiger partial charge in [-0.2, -0.15) is 0 Å². The Bertz CT molecular complexity index is 415. The second-order valence-electron chi connectivity index (χ2n) is 6.95. The summed E-state index contributed by atoms with van der Waals surface area (Å²) in [7, 11) is 1.27. The number of nitrogens with one attached hydrogen (secondary N) is 1. The van der Waals surface area contributed by atoms with Crippen LogP contribution in [0, 0.1) is 5.92 Å². The summed E-state index contributed by atoms with van der Waals surface area (Å²) in [5.41, 5.74) is 5.21. The van der Waals surface area contributed by atoms with E-state index >= 15 is 0 Å². The molecule has 0 heterocycles. The SMILES string of the molecule is COC(=O)C(CC(C)C)NC(=O)C(N)CCC(=O)OC(C)(C)C. The Morgan fingerprint density at radius 1 is 1.17 bits per heavy atom. The van der Waals surface area contributed by atoms with E-state index in [-0.39, 0.29) is 18.8 Å². The van der Waals surface area contributed by atoms with E-state index in [1.54, 1.807) is 20.8 Å². The van der Waals surface area contributed by atoms with Gasteiger partial charge in [-0.1, -0.05) is 13.8 Å². The van der Waals surface area contributed by atoms with Gasteiger partial charge in [0.05, 0.1) is 13.2 Å². The second kappa shape index (κ2) is 9.50. The number of hydrogen-bond donors (Lipinski definition) is 2. The number of esters is 2. The molecule has 0 aromatic carbocycles. The zero-order valence-corrected chi connectivity index (χ0v) is 15.0. The van der Waals surface area contributed by atoms with Crippen molar-refractivity contribution in [1.82, 2.24) is 5.32 Å². The van der Waals surface area contributed by atoms with Crippen molar-refractivity contribution in [1.29, 1.82) is 0 Å². The normalized spacial score (nSPS) is 14.1. The first-order chi connectivity index (χ1) is 10.5. The van der Waals surface area contributed by atoms with Gasteiger partial charge in [0.2, 0.25) is 5.91 Å². The van der Waals surface area contributed by atoms with Crippen molar-refractivity contribution in [2.24, 2.45) is 11.7 Å². The van der Waals surface area contributed by atoms with Crippen LogP contribution >= 0.6 is 0 Å². The summed E-state index contributed by atoms with van der Waals surface area (Å²) in [4.78, 5) is 35.4. The Kier molecular flexibility index (Phi) is 8.82. The molecule has 0 aromatic rings. The molecule has 0 radical (unpaired) electrons. The Balaban J connectivity index is 4.46. The highest BCUT2D eigenvalue weighted by molar-refractivity contribution is 5.87. The number of hydrogen-bond acceptors (Lipinski definition) is 6. The molecular weight excluding hydrogens is 300 g/mol. The van der Waals surface area contributed by atoms with E-state index in [0.29, 0.717) is 6.42 Å². The van der Waals surface area contributed by atoms with Crippen LogP contribution in [0.2, 0.25) is 0 Å². The molecule has 3 N–H and O–H groups in total. The minimum Gasteiger partial charge on any atom is -0.467 e. The molecular formula is C16H30N2O5. The molecule has 1 amide bonds. The zero-order chi connectivity index (χ0) is 18.2. The van der Waals surface area contributed by atoms with E-state index in [1.807, 2.05) is 13.8 Å². The molecule has 0 spiro atoms. The lowest BCUT2D eigenvalue weighted by Crippen LogP contribution is -2.49. The van der Waals surface area contributed by atoms with E-state index in [4.69, 9.17) is 10.5 Å². The molecule has 0 saturated heterocycles.